The Kier molecular flexibility index (Phi) is 4.97. The predicted octanol–water partition coefficient (Wildman–Crippen LogP) is 5.50. The van der Waals surface area contributed by atoms with Gasteiger partial charge in [-0.15, -0.1) is 0 Å². The van der Waals surface area contributed by atoms with Crippen LogP contribution in [0.25, 0.3) is 22.6 Å². The van der Waals surface area contributed by atoms with Gasteiger partial charge in [-0.1, -0.05) is 29.8 Å². The Morgan fingerprint density at radius 2 is 1.87 bits per heavy atom. The highest BCUT2D eigenvalue weighted by molar-refractivity contribution is 6.33. The van der Waals surface area contributed by atoms with Crippen LogP contribution >= 0.6 is 11.6 Å². The van der Waals surface area contributed by atoms with Gasteiger partial charge in [0.1, 0.15) is 5.52 Å². The number of nitro benzene ring substituents is 1. The summed E-state index contributed by atoms with van der Waals surface area (Å²) in [4.78, 5) is 19.4. The van der Waals surface area contributed by atoms with Gasteiger partial charge in [0.25, 0.3) is 5.69 Å². The van der Waals surface area contributed by atoms with E-state index >= 15 is 0 Å². The topological polar surface area (TPSA) is 105 Å². The van der Waals surface area contributed by atoms with E-state index in [4.69, 9.17) is 16.0 Å². The van der Waals surface area contributed by atoms with Crippen LogP contribution < -0.4 is 5.11 Å². The SMILES string of the molecule is Cc1c(Cl)c(C)c([N+](=O)[O-])c([O-])c1C=Nc1ccc2oc(-c3ccccc3)nc2c1. The Morgan fingerprint density at radius 1 is 1.13 bits per heavy atom. The lowest BCUT2D eigenvalue weighted by Gasteiger charge is -2.17. The molecule has 150 valence electrons. The van der Waals surface area contributed by atoms with Gasteiger partial charge in [0.2, 0.25) is 5.89 Å². The Hall–Kier alpha value is -3.71. The number of nitrogens with zero attached hydrogens (tertiary/aromatic N) is 3. The Labute approximate surface area is 176 Å². The second-order valence-corrected chi connectivity index (χ2v) is 7.09. The molecular formula is C22H15ClN3O4-. The molecule has 8 heteroatoms. The highest BCUT2D eigenvalue weighted by Gasteiger charge is 2.20. The molecule has 1 heterocycles. The lowest BCUT2D eigenvalue weighted by atomic mass is 10.0. The monoisotopic (exact) mass is 420 g/mol. The van der Waals surface area contributed by atoms with Gasteiger partial charge >= 0.3 is 0 Å². The number of aromatic nitrogens is 1. The maximum atomic E-state index is 12.6. The fourth-order valence-corrected chi connectivity index (χ4v) is 3.38. The smallest absolute Gasteiger partial charge is 0.266 e. The number of hydrogen-bond acceptors (Lipinski definition) is 6. The van der Waals surface area contributed by atoms with Crippen LogP contribution in [0.4, 0.5) is 11.4 Å². The molecule has 0 unspecified atom stereocenters. The molecule has 7 nitrogen and oxygen atoms in total. The van der Waals surface area contributed by atoms with E-state index in [0.717, 1.165) is 5.56 Å². The first-order valence-electron chi connectivity index (χ1n) is 9.01. The minimum Gasteiger partial charge on any atom is -0.867 e. The van der Waals surface area contributed by atoms with Crippen LogP contribution in [0, 0.1) is 24.0 Å². The number of halogens is 1. The number of hydrogen-bond donors (Lipinski definition) is 0. The quantitative estimate of drug-likeness (QED) is 0.246. The van der Waals surface area contributed by atoms with Crippen molar-refractivity contribution < 1.29 is 14.4 Å². The molecule has 0 atom stereocenters. The van der Waals surface area contributed by atoms with Crippen molar-refractivity contribution in [2.75, 3.05) is 0 Å². The minimum atomic E-state index is -0.715. The van der Waals surface area contributed by atoms with Gasteiger partial charge in [-0.05, 0) is 61.1 Å². The van der Waals surface area contributed by atoms with Crippen LogP contribution in [0.5, 0.6) is 5.75 Å². The van der Waals surface area contributed by atoms with Crippen molar-refractivity contribution in [1.29, 1.82) is 0 Å². The second kappa shape index (κ2) is 7.61. The summed E-state index contributed by atoms with van der Waals surface area (Å²) >= 11 is 6.20. The number of rotatable bonds is 4. The molecule has 0 bridgehead atoms. The van der Waals surface area contributed by atoms with Gasteiger partial charge < -0.3 is 9.52 Å². The van der Waals surface area contributed by atoms with Gasteiger partial charge in [0, 0.05) is 17.3 Å². The molecule has 1 aromatic heterocycles. The normalized spacial score (nSPS) is 11.4. The number of nitro groups is 1. The molecule has 4 aromatic rings. The summed E-state index contributed by atoms with van der Waals surface area (Å²) in [7, 11) is 0. The molecule has 0 saturated heterocycles. The van der Waals surface area contributed by atoms with Crippen molar-refractivity contribution in [2.24, 2.45) is 4.99 Å². The van der Waals surface area contributed by atoms with Gasteiger partial charge in [-0.3, -0.25) is 15.1 Å². The molecule has 0 N–H and O–H groups in total. The van der Waals surface area contributed by atoms with E-state index in [-0.39, 0.29) is 16.1 Å². The van der Waals surface area contributed by atoms with Crippen LogP contribution in [0.2, 0.25) is 5.02 Å². The van der Waals surface area contributed by atoms with Crippen LogP contribution in [0.3, 0.4) is 0 Å². The highest BCUT2D eigenvalue weighted by Crippen LogP contribution is 2.38. The third kappa shape index (κ3) is 3.40. The van der Waals surface area contributed by atoms with E-state index in [1.807, 2.05) is 30.3 Å². The summed E-state index contributed by atoms with van der Waals surface area (Å²) in [6.45, 7) is 3.09. The van der Waals surface area contributed by atoms with Crippen molar-refractivity contribution in [2.45, 2.75) is 13.8 Å². The third-order valence-electron chi connectivity index (χ3n) is 4.79. The Balaban J connectivity index is 1.73. The maximum Gasteiger partial charge on any atom is 0.266 e. The van der Waals surface area contributed by atoms with Crippen LogP contribution in [0.15, 0.2) is 57.9 Å². The second-order valence-electron chi connectivity index (χ2n) is 6.71. The van der Waals surface area contributed by atoms with Crippen molar-refractivity contribution in [1.82, 2.24) is 4.98 Å². The number of fused-ring (bicyclic) bond motifs is 1. The summed E-state index contributed by atoms with van der Waals surface area (Å²) < 4.78 is 5.78. The largest absolute Gasteiger partial charge is 0.867 e. The zero-order valence-electron chi connectivity index (χ0n) is 16.0. The van der Waals surface area contributed by atoms with E-state index in [0.29, 0.717) is 28.2 Å². The van der Waals surface area contributed by atoms with Crippen molar-refractivity contribution >= 4 is 40.3 Å². The minimum absolute atomic E-state index is 0.0857. The number of benzene rings is 3. The summed E-state index contributed by atoms with van der Waals surface area (Å²) in [5.41, 5.74) is 2.73. The lowest BCUT2D eigenvalue weighted by molar-refractivity contribution is -0.398. The fourth-order valence-electron chi connectivity index (χ4n) is 3.19. The standard InChI is InChI=1S/C22H16ClN3O4/c1-12-16(21(27)20(26(28)29)13(2)19(12)23)11-24-15-8-9-18-17(10-15)25-22(30-18)14-6-4-3-5-7-14/h3-11,27H,1-2H3/p-1. The third-order valence-corrected chi connectivity index (χ3v) is 5.36. The molecule has 0 spiro atoms. The maximum absolute atomic E-state index is 12.6. The molecule has 0 amide bonds. The molecule has 0 aliphatic carbocycles. The number of oxazole rings is 1. The molecule has 0 aliphatic heterocycles. The van der Waals surface area contributed by atoms with Crippen LogP contribution in [-0.2, 0) is 0 Å². The van der Waals surface area contributed by atoms with E-state index in [1.165, 1.54) is 13.1 Å². The zero-order valence-corrected chi connectivity index (χ0v) is 16.8. The van der Waals surface area contributed by atoms with Gasteiger partial charge in [0.05, 0.1) is 15.6 Å². The number of aliphatic imine (C=N–C) groups is 1. The summed E-state index contributed by atoms with van der Waals surface area (Å²) in [5, 5.41) is 24.0. The highest BCUT2D eigenvalue weighted by atomic mass is 35.5. The zero-order chi connectivity index (χ0) is 21.4. The van der Waals surface area contributed by atoms with Crippen LogP contribution in [0.1, 0.15) is 16.7 Å². The van der Waals surface area contributed by atoms with Gasteiger partial charge in [-0.2, -0.15) is 0 Å². The fraction of sp³-hybridized carbons (Fsp3) is 0.0909. The molecule has 0 radical (unpaired) electrons. The first-order valence-corrected chi connectivity index (χ1v) is 9.38. The first kappa shape index (κ1) is 19.6. The molecule has 4 rings (SSSR count). The van der Waals surface area contributed by atoms with E-state index in [1.54, 1.807) is 25.1 Å². The Bertz CT molecular complexity index is 1310. The molecule has 3 aromatic carbocycles. The van der Waals surface area contributed by atoms with Crippen LogP contribution in [-0.4, -0.2) is 16.1 Å². The first-order chi connectivity index (χ1) is 14.4. The van der Waals surface area contributed by atoms with Gasteiger partial charge in [0.15, 0.2) is 5.58 Å². The molecule has 0 saturated carbocycles. The van der Waals surface area contributed by atoms with E-state index in [9.17, 15) is 15.2 Å². The summed E-state index contributed by atoms with van der Waals surface area (Å²) in [5.74, 6) is -0.220. The van der Waals surface area contributed by atoms with Gasteiger partial charge in [-0.25, -0.2) is 4.98 Å². The van der Waals surface area contributed by atoms with E-state index < -0.39 is 16.4 Å². The van der Waals surface area contributed by atoms with Crippen molar-refractivity contribution in [3.8, 4) is 17.2 Å². The molecular weight excluding hydrogens is 406 g/mol. The molecule has 0 fully saturated rings. The summed E-state index contributed by atoms with van der Waals surface area (Å²) in [6, 6.07) is 14.7. The van der Waals surface area contributed by atoms with Crippen molar-refractivity contribution in [3.63, 3.8) is 0 Å². The van der Waals surface area contributed by atoms with E-state index in [2.05, 4.69) is 9.98 Å². The Morgan fingerprint density at radius 3 is 2.57 bits per heavy atom. The average Bonchev–Trinajstić information content (AvgIpc) is 3.16. The lowest BCUT2D eigenvalue weighted by Crippen LogP contribution is -2.07. The summed E-state index contributed by atoms with van der Waals surface area (Å²) in [6.07, 6.45) is 1.30. The average molecular weight is 421 g/mol. The predicted molar refractivity (Wildman–Crippen MR) is 114 cm³/mol. The van der Waals surface area contributed by atoms with Crippen molar-refractivity contribution in [3.05, 3.63) is 80.4 Å². The molecule has 30 heavy (non-hydrogen) atoms. The molecule has 0 aliphatic rings.